The van der Waals surface area contributed by atoms with Crippen LogP contribution in [0.1, 0.15) is 45.1 Å². The Hall–Kier alpha value is -2.87. The van der Waals surface area contributed by atoms with E-state index in [2.05, 4.69) is 41.5 Å². The monoisotopic (exact) mass is 473 g/mol. The van der Waals surface area contributed by atoms with Crippen LogP contribution < -0.4 is 20.1 Å². The molecule has 0 radical (unpaired) electrons. The Morgan fingerprint density at radius 1 is 1.06 bits per heavy atom. The number of carbonyl (C=O) groups is 1. The van der Waals surface area contributed by atoms with Gasteiger partial charge in [0.1, 0.15) is 11.6 Å². The van der Waals surface area contributed by atoms with E-state index in [1.807, 2.05) is 6.07 Å². The third kappa shape index (κ3) is 4.69. The molecule has 1 saturated heterocycles. The van der Waals surface area contributed by atoms with Crippen LogP contribution in [0.4, 0.5) is 19.3 Å². The summed E-state index contributed by atoms with van der Waals surface area (Å²) < 4.78 is 38.0. The number of benzene rings is 2. The minimum Gasteiger partial charge on any atom is -0.493 e. The lowest BCUT2D eigenvalue weighted by Crippen LogP contribution is -2.54. The second-order valence-electron chi connectivity index (χ2n) is 9.55. The summed E-state index contributed by atoms with van der Waals surface area (Å²) in [7, 11) is 3.28. The molecule has 2 N–H and O–H groups in total. The van der Waals surface area contributed by atoms with Gasteiger partial charge in [0.05, 0.1) is 14.2 Å². The second kappa shape index (κ2) is 9.78. The molecule has 2 amide bonds. The molecule has 0 bridgehead atoms. The fraction of sp³-hybridized carbons (Fsp3) is 0.500. The molecule has 2 aromatic carbocycles. The quantitative estimate of drug-likeness (QED) is 0.615. The van der Waals surface area contributed by atoms with Crippen LogP contribution in [0.2, 0.25) is 0 Å². The first kappa shape index (κ1) is 24.3. The van der Waals surface area contributed by atoms with Crippen LogP contribution in [0, 0.1) is 11.6 Å². The first-order chi connectivity index (χ1) is 16.3. The van der Waals surface area contributed by atoms with Crippen molar-refractivity contribution in [1.29, 1.82) is 0 Å². The van der Waals surface area contributed by atoms with Crippen LogP contribution in [0.25, 0.3) is 0 Å². The van der Waals surface area contributed by atoms with Gasteiger partial charge in [-0.2, -0.15) is 0 Å². The third-order valence-electron chi connectivity index (χ3n) is 7.38. The molecule has 184 valence electrons. The molecule has 1 aliphatic carbocycles. The van der Waals surface area contributed by atoms with Crippen LogP contribution in [0.5, 0.6) is 11.5 Å². The summed E-state index contributed by atoms with van der Waals surface area (Å²) in [6.45, 7) is 5.39. The lowest BCUT2D eigenvalue weighted by Gasteiger charge is -2.46. The summed E-state index contributed by atoms with van der Waals surface area (Å²) in [5, 5.41) is 5.58. The highest BCUT2D eigenvalue weighted by atomic mass is 19.1. The van der Waals surface area contributed by atoms with Gasteiger partial charge in [-0.3, -0.25) is 4.90 Å². The number of ether oxygens (including phenoxy) is 2. The number of methoxy groups -OCH3 is 2. The molecule has 0 spiro atoms. The molecule has 1 saturated carbocycles. The van der Waals surface area contributed by atoms with Crippen molar-refractivity contribution in [2.75, 3.05) is 26.1 Å². The summed E-state index contributed by atoms with van der Waals surface area (Å²) in [4.78, 5) is 15.1. The summed E-state index contributed by atoms with van der Waals surface area (Å²) in [6.07, 6.45) is 3.54. The number of halogens is 2. The van der Waals surface area contributed by atoms with Crippen LogP contribution in [-0.4, -0.2) is 49.8 Å². The van der Waals surface area contributed by atoms with E-state index in [0.29, 0.717) is 11.8 Å². The van der Waals surface area contributed by atoms with Gasteiger partial charge in [0.25, 0.3) is 0 Å². The zero-order valence-corrected chi connectivity index (χ0v) is 20.2. The Labute approximate surface area is 199 Å². The van der Waals surface area contributed by atoms with E-state index in [4.69, 9.17) is 9.47 Å². The van der Waals surface area contributed by atoms with Gasteiger partial charge < -0.3 is 20.1 Å². The lowest BCUT2D eigenvalue weighted by molar-refractivity contribution is 0.113. The van der Waals surface area contributed by atoms with Crippen molar-refractivity contribution < 1.29 is 23.0 Å². The van der Waals surface area contributed by atoms with Crippen molar-refractivity contribution in [2.24, 2.45) is 0 Å². The Kier molecular flexibility index (Phi) is 6.98. The molecule has 2 aliphatic rings. The molecular formula is C26H33F2N3O3. The van der Waals surface area contributed by atoms with Gasteiger partial charge in [-0.05, 0) is 75.9 Å². The maximum atomic E-state index is 13.5. The molecule has 4 rings (SSSR count). The van der Waals surface area contributed by atoms with Gasteiger partial charge >= 0.3 is 6.03 Å². The zero-order valence-electron chi connectivity index (χ0n) is 20.2. The average molecular weight is 474 g/mol. The standard InChI is InChI=1S/C26H33F2N3O3/c1-16(2)31-10-9-26(17-5-6-22(33-3)23(11-17)34-4)8-7-20(15-24(26)31)29-25(32)30-21-13-18(27)12-19(28)14-21/h5-6,11-14,16,20,24H,7-10,15H2,1-4H3,(H2,29,30,32)/t20-,24+,26+/m1/s1. The minimum atomic E-state index is -0.730. The molecule has 1 aliphatic heterocycles. The van der Waals surface area contributed by atoms with Gasteiger partial charge in [0.2, 0.25) is 0 Å². The number of nitrogens with zero attached hydrogens (tertiary/aromatic N) is 1. The Morgan fingerprint density at radius 3 is 2.41 bits per heavy atom. The average Bonchev–Trinajstić information content (AvgIpc) is 3.18. The maximum Gasteiger partial charge on any atom is 0.319 e. The third-order valence-corrected chi connectivity index (χ3v) is 7.38. The number of anilines is 1. The fourth-order valence-corrected chi connectivity index (χ4v) is 5.79. The fourth-order valence-electron chi connectivity index (χ4n) is 5.79. The molecule has 8 heteroatoms. The zero-order chi connectivity index (χ0) is 24.5. The Balaban J connectivity index is 1.53. The van der Waals surface area contributed by atoms with Crippen molar-refractivity contribution >= 4 is 11.7 Å². The summed E-state index contributed by atoms with van der Waals surface area (Å²) in [6, 6.07) is 9.29. The summed E-state index contributed by atoms with van der Waals surface area (Å²) in [5.74, 6) is -0.0332. The highest BCUT2D eigenvalue weighted by Gasteiger charge is 2.52. The molecule has 3 atom stereocenters. The number of urea groups is 1. The molecule has 6 nitrogen and oxygen atoms in total. The molecular weight excluding hydrogens is 440 g/mol. The van der Waals surface area contributed by atoms with E-state index in [1.54, 1.807) is 14.2 Å². The molecule has 2 aromatic rings. The predicted octanol–water partition coefficient (Wildman–Crippen LogP) is 5.08. The van der Waals surface area contributed by atoms with Crippen LogP contribution in [-0.2, 0) is 5.41 Å². The first-order valence-electron chi connectivity index (χ1n) is 11.8. The number of carbonyl (C=O) groups excluding carboxylic acids is 1. The number of rotatable bonds is 6. The minimum absolute atomic E-state index is 0.0375. The topological polar surface area (TPSA) is 62.8 Å². The summed E-state index contributed by atoms with van der Waals surface area (Å²) in [5.41, 5.74) is 1.29. The van der Waals surface area contributed by atoms with E-state index < -0.39 is 17.7 Å². The summed E-state index contributed by atoms with van der Waals surface area (Å²) >= 11 is 0. The molecule has 34 heavy (non-hydrogen) atoms. The van der Waals surface area contributed by atoms with Crippen LogP contribution in [0.3, 0.4) is 0 Å². The number of amides is 2. The van der Waals surface area contributed by atoms with E-state index >= 15 is 0 Å². The van der Waals surface area contributed by atoms with E-state index in [9.17, 15) is 13.6 Å². The molecule has 1 heterocycles. The van der Waals surface area contributed by atoms with Gasteiger partial charge in [0, 0.05) is 35.3 Å². The number of likely N-dealkylation sites (tertiary alicyclic amines) is 1. The Bertz CT molecular complexity index is 1030. The smallest absolute Gasteiger partial charge is 0.319 e. The SMILES string of the molecule is COc1ccc([C@@]23CC[C@@H](NC(=O)Nc4cc(F)cc(F)c4)C[C@@H]2N(C(C)C)CC3)cc1OC. The number of hydrogen-bond acceptors (Lipinski definition) is 4. The first-order valence-corrected chi connectivity index (χ1v) is 11.8. The molecule has 0 unspecified atom stereocenters. The number of hydrogen-bond donors (Lipinski definition) is 2. The number of fused-ring (bicyclic) bond motifs is 1. The highest BCUT2D eigenvalue weighted by Crippen LogP contribution is 2.50. The molecule has 0 aromatic heterocycles. The van der Waals surface area contributed by atoms with E-state index in [1.165, 1.54) is 5.56 Å². The van der Waals surface area contributed by atoms with Gasteiger partial charge in [-0.15, -0.1) is 0 Å². The van der Waals surface area contributed by atoms with Gasteiger partial charge in [-0.1, -0.05) is 6.07 Å². The maximum absolute atomic E-state index is 13.5. The highest BCUT2D eigenvalue weighted by molar-refractivity contribution is 5.89. The van der Waals surface area contributed by atoms with E-state index in [-0.39, 0.29) is 23.2 Å². The second-order valence-corrected chi connectivity index (χ2v) is 9.55. The van der Waals surface area contributed by atoms with Gasteiger partial charge in [0.15, 0.2) is 11.5 Å². The van der Waals surface area contributed by atoms with Crippen molar-refractivity contribution in [3.63, 3.8) is 0 Å². The number of nitrogens with one attached hydrogen (secondary N) is 2. The van der Waals surface area contributed by atoms with Crippen molar-refractivity contribution in [3.8, 4) is 11.5 Å². The predicted molar refractivity (Wildman–Crippen MR) is 128 cm³/mol. The van der Waals surface area contributed by atoms with E-state index in [0.717, 1.165) is 56.2 Å². The van der Waals surface area contributed by atoms with Gasteiger partial charge in [-0.25, -0.2) is 13.6 Å². The largest absolute Gasteiger partial charge is 0.493 e. The Morgan fingerprint density at radius 2 is 1.76 bits per heavy atom. The lowest BCUT2D eigenvalue weighted by atomic mass is 9.65. The van der Waals surface area contributed by atoms with Crippen molar-refractivity contribution in [2.45, 2.75) is 63.1 Å². The van der Waals surface area contributed by atoms with Crippen LogP contribution in [0.15, 0.2) is 36.4 Å². The van der Waals surface area contributed by atoms with Crippen LogP contribution >= 0.6 is 0 Å². The molecule has 2 fully saturated rings. The van der Waals surface area contributed by atoms with Crippen molar-refractivity contribution in [1.82, 2.24) is 10.2 Å². The normalized spacial score (nSPS) is 24.6. The van der Waals surface area contributed by atoms with Crippen molar-refractivity contribution in [3.05, 3.63) is 53.6 Å².